The number of halogens is 2. The maximum atomic E-state index is 15.4. The molecule has 182 valence electrons. The number of allylic oxidation sites excluding steroid dienone is 2. The van der Waals surface area contributed by atoms with E-state index in [1.165, 1.54) is 25.1 Å². The summed E-state index contributed by atoms with van der Waals surface area (Å²) in [4.78, 5) is 16.1. The number of fused-ring (bicyclic) bond motifs is 1. The average Bonchev–Trinajstić information content (AvgIpc) is 3.05. The number of nitrogens with one attached hydrogen (secondary N) is 1. The molecule has 0 amide bonds. The van der Waals surface area contributed by atoms with Crippen molar-refractivity contribution in [2.24, 2.45) is 0 Å². The van der Waals surface area contributed by atoms with E-state index in [1.807, 2.05) is 13.0 Å². The van der Waals surface area contributed by atoms with Gasteiger partial charge in [-0.3, -0.25) is 4.79 Å². The lowest BCUT2D eigenvalue weighted by Crippen LogP contribution is -2.36. The molecule has 0 saturated carbocycles. The van der Waals surface area contributed by atoms with Crippen molar-refractivity contribution in [2.75, 3.05) is 11.9 Å². The van der Waals surface area contributed by atoms with Gasteiger partial charge in [-0.15, -0.1) is 0 Å². The van der Waals surface area contributed by atoms with Gasteiger partial charge in [-0.25, -0.2) is 13.8 Å². The molecule has 2 aromatic carbocycles. The predicted molar refractivity (Wildman–Crippen MR) is 134 cm³/mol. The second-order valence-corrected chi connectivity index (χ2v) is 8.12. The van der Waals surface area contributed by atoms with E-state index >= 15 is 4.39 Å². The maximum absolute atomic E-state index is 15.4. The second kappa shape index (κ2) is 10.4. The van der Waals surface area contributed by atoms with Crippen LogP contribution >= 0.6 is 0 Å². The topological polar surface area (TPSA) is 95.2 Å². The van der Waals surface area contributed by atoms with Crippen molar-refractivity contribution < 1.29 is 23.4 Å². The summed E-state index contributed by atoms with van der Waals surface area (Å²) >= 11 is 0. The molecule has 0 bridgehead atoms. The Bertz CT molecular complexity index is 1540. The minimum absolute atomic E-state index is 0.0110. The van der Waals surface area contributed by atoms with E-state index in [-0.39, 0.29) is 28.6 Å². The van der Waals surface area contributed by atoms with Gasteiger partial charge >= 0.3 is 5.97 Å². The quantitative estimate of drug-likeness (QED) is 0.509. The molecule has 1 aliphatic rings. The van der Waals surface area contributed by atoms with Crippen molar-refractivity contribution in [3.05, 3.63) is 76.3 Å². The lowest BCUT2D eigenvalue weighted by atomic mass is 9.98. The molecule has 8 heteroatoms. The molecule has 3 aromatic rings. The number of aliphatic carboxylic acids is 1. The number of carbonyl (C=O) groups is 1. The van der Waals surface area contributed by atoms with Crippen molar-refractivity contribution in [1.82, 2.24) is 4.98 Å². The van der Waals surface area contributed by atoms with Crippen molar-refractivity contribution in [1.29, 1.82) is 5.26 Å². The molecule has 1 aromatic heterocycles. The number of pyridine rings is 1. The number of hydrogen-bond donors (Lipinski definition) is 2. The third-order valence-electron chi connectivity index (χ3n) is 5.73. The fourth-order valence-corrected chi connectivity index (χ4v) is 4.00. The Hall–Kier alpha value is -4.51. The average molecular weight is 488 g/mol. The number of ether oxygens (including phenoxy) is 1. The lowest BCUT2D eigenvalue weighted by molar-refractivity contribution is -0.137. The Kier molecular flexibility index (Phi) is 7.11. The molecule has 1 heterocycles. The molecule has 2 N–H and O–H groups in total. The van der Waals surface area contributed by atoms with Gasteiger partial charge in [0.15, 0.2) is 0 Å². The molecule has 1 aliphatic carbocycles. The van der Waals surface area contributed by atoms with E-state index in [9.17, 15) is 19.6 Å². The zero-order valence-corrected chi connectivity index (χ0v) is 19.7. The maximum Gasteiger partial charge on any atom is 0.325 e. The molecule has 0 aliphatic heterocycles. The highest BCUT2D eigenvalue weighted by Gasteiger charge is 2.21. The number of nitriles is 1. The molecule has 36 heavy (non-hydrogen) atoms. The van der Waals surface area contributed by atoms with Gasteiger partial charge in [0, 0.05) is 21.9 Å². The minimum Gasteiger partial charge on any atom is -0.493 e. The Morgan fingerprint density at radius 2 is 2.00 bits per heavy atom. The lowest BCUT2D eigenvalue weighted by Gasteiger charge is -2.16. The third-order valence-corrected chi connectivity index (χ3v) is 5.73. The van der Waals surface area contributed by atoms with Gasteiger partial charge in [0.2, 0.25) is 0 Å². The number of aromatic nitrogens is 1. The smallest absolute Gasteiger partial charge is 0.325 e. The van der Waals surface area contributed by atoms with E-state index in [2.05, 4.69) is 10.3 Å². The van der Waals surface area contributed by atoms with Gasteiger partial charge in [0.05, 0.1) is 23.3 Å². The second-order valence-electron chi connectivity index (χ2n) is 8.12. The molecule has 6 nitrogen and oxygen atoms in total. The summed E-state index contributed by atoms with van der Waals surface area (Å²) in [5.74, 6) is -1.68. The van der Waals surface area contributed by atoms with Crippen LogP contribution in [0.1, 0.15) is 25.8 Å². The molecule has 0 saturated heterocycles. The molecule has 1 atom stereocenters. The Morgan fingerprint density at radius 1 is 1.22 bits per heavy atom. The fraction of sp³-hybridized carbons (Fsp3) is 0.179. The summed E-state index contributed by atoms with van der Waals surface area (Å²) < 4.78 is 35.3. The van der Waals surface area contributed by atoms with Gasteiger partial charge in [-0.05, 0) is 44.6 Å². The molecule has 4 rings (SSSR count). The summed E-state index contributed by atoms with van der Waals surface area (Å²) in [6.45, 7) is 3.68. The number of carboxylic acid groups (broad SMARTS) is 1. The number of hydrogen-bond acceptors (Lipinski definition) is 5. The first-order valence-electron chi connectivity index (χ1n) is 11.4. The molecule has 1 unspecified atom stereocenters. The number of carboxylic acids is 1. The number of rotatable bonds is 7. The van der Waals surface area contributed by atoms with Crippen LogP contribution in [-0.4, -0.2) is 28.7 Å². The molecule has 0 radical (unpaired) electrons. The first kappa shape index (κ1) is 24.6. The van der Waals surface area contributed by atoms with Crippen LogP contribution in [0.4, 0.5) is 14.5 Å². The number of benzene rings is 2. The van der Waals surface area contributed by atoms with Crippen LogP contribution in [0.15, 0.2) is 54.4 Å². The van der Waals surface area contributed by atoms with Crippen LogP contribution in [0.5, 0.6) is 5.75 Å². The van der Waals surface area contributed by atoms with Crippen molar-refractivity contribution >= 4 is 23.8 Å². The van der Waals surface area contributed by atoms with Crippen LogP contribution < -0.4 is 20.6 Å². The van der Waals surface area contributed by atoms with E-state index in [0.717, 1.165) is 0 Å². The van der Waals surface area contributed by atoms with E-state index in [0.29, 0.717) is 34.4 Å². The van der Waals surface area contributed by atoms with Crippen molar-refractivity contribution in [3.63, 3.8) is 0 Å². The van der Waals surface area contributed by atoms with Gasteiger partial charge in [-0.1, -0.05) is 36.4 Å². The normalized spacial score (nSPS) is 13.1. The third kappa shape index (κ3) is 4.82. The van der Waals surface area contributed by atoms with Crippen molar-refractivity contribution in [2.45, 2.75) is 26.3 Å². The number of anilines is 1. The fourth-order valence-electron chi connectivity index (χ4n) is 4.00. The van der Waals surface area contributed by atoms with Crippen molar-refractivity contribution in [3.8, 4) is 34.2 Å². The highest BCUT2D eigenvalue weighted by Crippen LogP contribution is 2.34. The van der Waals surface area contributed by atoms with E-state index < -0.39 is 23.7 Å². The summed E-state index contributed by atoms with van der Waals surface area (Å²) in [5, 5.41) is 22.9. The molecular weight excluding hydrogens is 464 g/mol. The van der Waals surface area contributed by atoms with Gasteiger partial charge < -0.3 is 15.2 Å². The highest BCUT2D eigenvalue weighted by atomic mass is 19.1. The van der Waals surface area contributed by atoms with Crippen LogP contribution in [-0.2, 0) is 4.79 Å². The van der Waals surface area contributed by atoms with Crippen LogP contribution in [0.3, 0.4) is 0 Å². The SMILES string of the molecule is CCOc1ccccc1-c1ccc(-c2nc3c(c(NC(C)C(=O)O)c2C#N)=CC(F)=CCC=3)cc1F. The number of nitrogens with zero attached hydrogens (tertiary/aromatic N) is 2. The van der Waals surface area contributed by atoms with Crippen LogP contribution in [0.2, 0.25) is 0 Å². The minimum atomic E-state index is -1.15. The summed E-state index contributed by atoms with van der Waals surface area (Å²) in [7, 11) is 0. The van der Waals surface area contributed by atoms with Gasteiger partial charge in [-0.2, -0.15) is 5.26 Å². The molecule has 0 spiro atoms. The Labute approximate surface area is 206 Å². The zero-order valence-electron chi connectivity index (χ0n) is 19.7. The van der Waals surface area contributed by atoms with E-state index in [4.69, 9.17) is 4.74 Å². The van der Waals surface area contributed by atoms with Crippen LogP contribution in [0.25, 0.3) is 34.5 Å². The van der Waals surface area contributed by atoms with Gasteiger partial charge in [0.1, 0.15) is 35.1 Å². The predicted octanol–water partition coefficient (Wildman–Crippen LogP) is 4.53. The van der Waals surface area contributed by atoms with Crippen LogP contribution in [0, 0.1) is 17.1 Å². The standard InChI is InChI=1S/C28H23F2N3O3/c1-3-36-25-10-5-4-8-20(25)19-12-11-17(13-23(19)30)26-22(15-31)27(32-16(2)28(34)35)21-14-18(29)7-6-9-24(21)33-26/h4-5,7-14,16,32H,3,6H2,1-2H3,(H,34,35). The first-order valence-corrected chi connectivity index (χ1v) is 11.4. The largest absolute Gasteiger partial charge is 0.493 e. The summed E-state index contributed by atoms with van der Waals surface area (Å²) in [6.07, 6.45) is 4.48. The summed E-state index contributed by atoms with van der Waals surface area (Å²) in [6, 6.07) is 12.6. The van der Waals surface area contributed by atoms with Gasteiger partial charge in [0.25, 0.3) is 0 Å². The number of para-hydroxylation sites is 1. The first-order chi connectivity index (χ1) is 17.3. The molecular formula is C28H23F2N3O3. The zero-order chi connectivity index (χ0) is 25.8. The Balaban J connectivity index is 1.93. The molecule has 0 fully saturated rings. The van der Waals surface area contributed by atoms with E-state index in [1.54, 1.807) is 42.5 Å². The summed E-state index contributed by atoms with van der Waals surface area (Å²) in [5.41, 5.74) is 1.50. The Morgan fingerprint density at radius 3 is 2.69 bits per heavy atom. The highest BCUT2D eigenvalue weighted by molar-refractivity contribution is 5.82. The monoisotopic (exact) mass is 487 g/mol.